The molecule has 6 heteroatoms. The molecule has 19 heavy (non-hydrogen) atoms. The fraction of sp³-hybridized carbons (Fsp3) is 0.154. The van der Waals surface area contributed by atoms with Crippen molar-refractivity contribution in [3.05, 3.63) is 45.8 Å². The zero-order valence-corrected chi connectivity index (χ0v) is 10.9. The average Bonchev–Trinajstić information content (AvgIpc) is 2.89. The first-order chi connectivity index (χ1) is 9.11. The monoisotopic (exact) mass is 273 g/mol. The molecule has 2 rings (SSSR count). The second kappa shape index (κ2) is 5.50. The standard InChI is InChI=1S/C13H11N3O2S/c1-8-4-5-9(7-14)12(15-8)16-11(13(17)18)10-3-2-6-19-10/h2-6,11H,1H3,(H,15,16)(H,17,18). The van der Waals surface area contributed by atoms with Crippen LogP contribution in [0.25, 0.3) is 0 Å². The molecule has 0 spiro atoms. The van der Waals surface area contributed by atoms with Gasteiger partial charge in [0.1, 0.15) is 11.9 Å². The van der Waals surface area contributed by atoms with Crippen molar-refractivity contribution in [3.8, 4) is 6.07 Å². The summed E-state index contributed by atoms with van der Waals surface area (Å²) >= 11 is 1.34. The second-order valence-corrected chi connectivity index (χ2v) is 4.87. The molecule has 1 unspecified atom stereocenters. The van der Waals surface area contributed by atoms with Gasteiger partial charge in [0.15, 0.2) is 6.04 Å². The summed E-state index contributed by atoms with van der Waals surface area (Å²) in [6, 6.07) is 7.95. The molecule has 1 atom stereocenters. The maximum absolute atomic E-state index is 11.3. The Morgan fingerprint density at radius 1 is 1.53 bits per heavy atom. The number of aromatic nitrogens is 1. The number of nitrogens with zero attached hydrogens (tertiary/aromatic N) is 2. The van der Waals surface area contributed by atoms with Crippen molar-refractivity contribution in [2.75, 3.05) is 5.32 Å². The quantitative estimate of drug-likeness (QED) is 0.894. The number of nitriles is 1. The smallest absolute Gasteiger partial charge is 0.331 e. The molecule has 0 amide bonds. The number of hydrogen-bond donors (Lipinski definition) is 2. The van der Waals surface area contributed by atoms with E-state index in [-0.39, 0.29) is 0 Å². The summed E-state index contributed by atoms with van der Waals surface area (Å²) in [5.74, 6) is -0.710. The van der Waals surface area contributed by atoms with E-state index < -0.39 is 12.0 Å². The third kappa shape index (κ3) is 2.89. The predicted octanol–water partition coefficient (Wildman–Crippen LogP) is 2.56. The lowest BCUT2D eigenvalue weighted by Crippen LogP contribution is -2.20. The van der Waals surface area contributed by atoms with Crippen LogP contribution in [0, 0.1) is 18.3 Å². The van der Waals surface area contributed by atoms with Gasteiger partial charge in [0.05, 0.1) is 5.56 Å². The lowest BCUT2D eigenvalue weighted by Gasteiger charge is -2.14. The van der Waals surface area contributed by atoms with Crippen molar-refractivity contribution in [1.82, 2.24) is 4.98 Å². The molecule has 0 aliphatic carbocycles. The SMILES string of the molecule is Cc1ccc(C#N)c(NC(C(=O)O)c2cccs2)n1. The molecule has 2 N–H and O–H groups in total. The fourth-order valence-corrected chi connectivity index (χ4v) is 2.37. The molecule has 2 aromatic heterocycles. The molecule has 0 bridgehead atoms. The van der Waals surface area contributed by atoms with Gasteiger partial charge in [-0.05, 0) is 30.5 Å². The van der Waals surface area contributed by atoms with Gasteiger partial charge in [-0.2, -0.15) is 5.26 Å². The largest absolute Gasteiger partial charge is 0.479 e. The van der Waals surface area contributed by atoms with Gasteiger partial charge in [-0.25, -0.2) is 9.78 Å². The van der Waals surface area contributed by atoms with Crippen LogP contribution in [-0.2, 0) is 4.79 Å². The topological polar surface area (TPSA) is 86.0 Å². The minimum atomic E-state index is -1.00. The van der Waals surface area contributed by atoms with Crippen LogP contribution in [0.1, 0.15) is 22.2 Å². The molecule has 0 saturated heterocycles. The van der Waals surface area contributed by atoms with E-state index in [9.17, 15) is 9.90 Å². The molecule has 0 saturated carbocycles. The molecule has 0 aliphatic heterocycles. The van der Waals surface area contributed by atoms with Crippen molar-refractivity contribution >= 4 is 23.1 Å². The van der Waals surface area contributed by atoms with Gasteiger partial charge >= 0.3 is 5.97 Å². The van der Waals surface area contributed by atoms with E-state index in [1.54, 1.807) is 31.2 Å². The third-order valence-corrected chi connectivity index (χ3v) is 3.45. The summed E-state index contributed by atoms with van der Waals surface area (Å²) in [6.45, 7) is 1.78. The van der Waals surface area contributed by atoms with E-state index in [2.05, 4.69) is 10.3 Å². The zero-order valence-electron chi connectivity index (χ0n) is 10.1. The van der Waals surface area contributed by atoms with Crippen LogP contribution in [0.4, 0.5) is 5.82 Å². The highest BCUT2D eigenvalue weighted by Gasteiger charge is 2.22. The summed E-state index contributed by atoms with van der Waals surface area (Å²) in [5, 5.41) is 22.9. The van der Waals surface area contributed by atoms with Crippen molar-refractivity contribution in [2.45, 2.75) is 13.0 Å². The predicted molar refractivity (Wildman–Crippen MR) is 72.0 cm³/mol. The summed E-state index contributed by atoms with van der Waals surface area (Å²) in [7, 11) is 0. The molecule has 0 aromatic carbocycles. The van der Waals surface area contributed by atoms with Crippen molar-refractivity contribution in [1.29, 1.82) is 5.26 Å². The Kier molecular flexibility index (Phi) is 3.78. The molecule has 2 heterocycles. The highest BCUT2D eigenvalue weighted by atomic mass is 32.1. The Morgan fingerprint density at radius 2 is 2.32 bits per heavy atom. The second-order valence-electron chi connectivity index (χ2n) is 3.89. The summed E-state index contributed by atoms with van der Waals surface area (Å²) in [4.78, 5) is 16.2. The highest BCUT2D eigenvalue weighted by molar-refractivity contribution is 7.10. The lowest BCUT2D eigenvalue weighted by molar-refractivity contribution is -0.138. The number of pyridine rings is 1. The van der Waals surface area contributed by atoms with Crippen LogP contribution in [0.2, 0.25) is 0 Å². The van der Waals surface area contributed by atoms with Crippen LogP contribution in [0.3, 0.4) is 0 Å². The van der Waals surface area contributed by atoms with E-state index in [0.717, 1.165) is 5.69 Å². The maximum Gasteiger partial charge on any atom is 0.331 e. The molecule has 0 radical (unpaired) electrons. The number of aliphatic carboxylic acids is 1. The van der Waals surface area contributed by atoms with Gasteiger partial charge in [-0.15, -0.1) is 11.3 Å². The summed E-state index contributed by atoms with van der Waals surface area (Å²) in [6.07, 6.45) is 0. The maximum atomic E-state index is 11.3. The number of hydrogen-bond acceptors (Lipinski definition) is 5. The van der Waals surface area contributed by atoms with Gasteiger partial charge in [0.2, 0.25) is 0 Å². The van der Waals surface area contributed by atoms with Crippen LogP contribution in [0.5, 0.6) is 0 Å². The summed E-state index contributed by atoms with van der Waals surface area (Å²) in [5.41, 5.74) is 1.05. The van der Waals surface area contributed by atoms with Crippen LogP contribution < -0.4 is 5.32 Å². The molecule has 0 aliphatic rings. The molecule has 2 aromatic rings. The molecular weight excluding hydrogens is 262 g/mol. The Balaban J connectivity index is 2.35. The number of anilines is 1. The highest BCUT2D eigenvalue weighted by Crippen LogP contribution is 2.24. The minimum absolute atomic E-state index is 0.295. The Morgan fingerprint density at radius 3 is 2.89 bits per heavy atom. The first kappa shape index (κ1) is 13.1. The van der Waals surface area contributed by atoms with Crippen molar-refractivity contribution < 1.29 is 9.90 Å². The summed E-state index contributed by atoms with van der Waals surface area (Å²) < 4.78 is 0. The van der Waals surface area contributed by atoms with E-state index in [0.29, 0.717) is 16.3 Å². The molecule has 5 nitrogen and oxygen atoms in total. The average molecular weight is 273 g/mol. The Labute approximate surface area is 114 Å². The first-order valence-corrected chi connectivity index (χ1v) is 6.40. The first-order valence-electron chi connectivity index (χ1n) is 5.52. The zero-order chi connectivity index (χ0) is 13.8. The Hall–Kier alpha value is -2.39. The van der Waals surface area contributed by atoms with Crippen LogP contribution in [-0.4, -0.2) is 16.1 Å². The van der Waals surface area contributed by atoms with Crippen LogP contribution in [0.15, 0.2) is 29.6 Å². The number of aryl methyl sites for hydroxylation is 1. The van der Waals surface area contributed by atoms with Gasteiger partial charge < -0.3 is 10.4 Å². The molecular formula is C13H11N3O2S. The normalized spacial score (nSPS) is 11.6. The van der Waals surface area contributed by atoms with Crippen LogP contribution >= 0.6 is 11.3 Å². The lowest BCUT2D eigenvalue weighted by atomic mass is 10.2. The van der Waals surface area contributed by atoms with Gasteiger partial charge in [0, 0.05) is 10.6 Å². The van der Waals surface area contributed by atoms with Gasteiger partial charge in [0.25, 0.3) is 0 Å². The van der Waals surface area contributed by atoms with E-state index in [4.69, 9.17) is 5.26 Å². The van der Waals surface area contributed by atoms with Crippen molar-refractivity contribution in [3.63, 3.8) is 0 Å². The van der Waals surface area contributed by atoms with Gasteiger partial charge in [-0.1, -0.05) is 6.07 Å². The van der Waals surface area contributed by atoms with E-state index in [1.807, 2.05) is 11.4 Å². The van der Waals surface area contributed by atoms with Crippen molar-refractivity contribution in [2.24, 2.45) is 0 Å². The van der Waals surface area contributed by atoms with Gasteiger partial charge in [-0.3, -0.25) is 0 Å². The number of carbonyl (C=O) groups is 1. The number of nitrogens with one attached hydrogen (secondary N) is 1. The number of carboxylic acid groups (broad SMARTS) is 1. The third-order valence-electron chi connectivity index (χ3n) is 2.51. The number of thiophene rings is 1. The molecule has 96 valence electrons. The molecule has 0 fully saturated rings. The van der Waals surface area contributed by atoms with E-state index >= 15 is 0 Å². The fourth-order valence-electron chi connectivity index (χ4n) is 1.60. The number of rotatable bonds is 4. The number of carboxylic acids is 1. The van der Waals surface area contributed by atoms with E-state index in [1.165, 1.54) is 11.3 Å². The Bertz CT molecular complexity index is 632. The minimum Gasteiger partial charge on any atom is -0.479 e.